The van der Waals surface area contributed by atoms with E-state index in [0.29, 0.717) is 0 Å². The van der Waals surface area contributed by atoms with E-state index in [9.17, 15) is 0 Å². The molecule has 5 rings (SSSR count). The molecule has 0 saturated carbocycles. The average molecular weight is 391 g/mol. The predicted octanol–water partition coefficient (Wildman–Crippen LogP) is 4.30. The Hall–Kier alpha value is -3.12. The molecule has 0 unspecified atom stereocenters. The maximum Gasteiger partial charge on any atom is 0.0949 e. The fraction of sp³-hybridized carbons (Fsp3) is 0.190. The summed E-state index contributed by atoms with van der Waals surface area (Å²) in [7, 11) is 0. The summed E-state index contributed by atoms with van der Waals surface area (Å²) in [5.41, 5.74) is 6.66. The summed E-state index contributed by atoms with van der Waals surface area (Å²) >= 11 is 6.11. The highest BCUT2D eigenvalue weighted by molar-refractivity contribution is 6.30. The molecule has 0 spiro atoms. The maximum atomic E-state index is 6.11. The van der Waals surface area contributed by atoms with Crippen LogP contribution in [0.25, 0.3) is 11.3 Å². The number of benzene rings is 2. The average Bonchev–Trinajstić information content (AvgIpc) is 3.30. The Balaban J connectivity index is 1.65. The minimum atomic E-state index is 0.737. The highest BCUT2D eigenvalue weighted by Gasteiger charge is 2.24. The van der Waals surface area contributed by atoms with E-state index in [1.54, 1.807) is 6.20 Å². The van der Waals surface area contributed by atoms with Gasteiger partial charge in [-0.15, -0.1) is 5.10 Å². The number of hydrogen-bond acceptors (Lipinski definition) is 4. The number of aryl methyl sites for hydroxylation is 1. The first kappa shape index (κ1) is 17.0. The highest BCUT2D eigenvalue weighted by Crippen LogP contribution is 2.39. The summed E-state index contributed by atoms with van der Waals surface area (Å²) in [6.07, 6.45) is 5.62. The van der Waals surface area contributed by atoms with Gasteiger partial charge in [0, 0.05) is 41.8 Å². The molecule has 6 nitrogen and oxygen atoms in total. The topological polar surface area (TPSA) is 51.8 Å². The normalized spacial score (nSPS) is 13.1. The molecule has 0 fully saturated rings. The Labute approximate surface area is 168 Å². The molecule has 0 radical (unpaired) electrons. The molecule has 140 valence electrons. The number of anilines is 2. The third kappa shape index (κ3) is 2.96. The van der Waals surface area contributed by atoms with Crippen LogP contribution < -0.4 is 4.90 Å². The molecule has 3 heterocycles. The number of imidazole rings is 1. The van der Waals surface area contributed by atoms with Crippen molar-refractivity contribution in [3.05, 3.63) is 77.5 Å². The van der Waals surface area contributed by atoms with Crippen LogP contribution in [0.3, 0.4) is 0 Å². The quantitative estimate of drug-likeness (QED) is 0.523. The molecule has 0 saturated heterocycles. The van der Waals surface area contributed by atoms with Gasteiger partial charge in [0.15, 0.2) is 0 Å². The van der Waals surface area contributed by atoms with E-state index in [0.717, 1.165) is 53.0 Å². The summed E-state index contributed by atoms with van der Waals surface area (Å²) < 4.78 is 4.07. The van der Waals surface area contributed by atoms with E-state index in [4.69, 9.17) is 11.6 Å². The first-order chi connectivity index (χ1) is 13.7. The standard InChI is InChI=1S/C21H19ClN6/c1-15-21-19-7-2-16(13-26-9-8-23-14-26)12-20(19)27(10-11-28(21)25-24-15)18-5-3-17(22)4-6-18/h2-9,12,14H,10-11,13H2,1H3. The number of halogens is 1. The first-order valence-electron chi connectivity index (χ1n) is 9.21. The van der Waals surface area contributed by atoms with Crippen molar-refractivity contribution in [1.29, 1.82) is 0 Å². The lowest BCUT2D eigenvalue weighted by molar-refractivity contribution is 0.605. The van der Waals surface area contributed by atoms with Gasteiger partial charge in [0.1, 0.15) is 0 Å². The van der Waals surface area contributed by atoms with Gasteiger partial charge >= 0.3 is 0 Å². The monoisotopic (exact) mass is 390 g/mol. The van der Waals surface area contributed by atoms with Crippen molar-refractivity contribution in [1.82, 2.24) is 24.5 Å². The molecular formula is C21H19ClN6. The zero-order valence-corrected chi connectivity index (χ0v) is 16.2. The van der Waals surface area contributed by atoms with Crippen LogP contribution in [0.2, 0.25) is 5.02 Å². The Morgan fingerprint density at radius 3 is 2.71 bits per heavy atom. The molecule has 2 aromatic heterocycles. The van der Waals surface area contributed by atoms with E-state index >= 15 is 0 Å². The smallest absolute Gasteiger partial charge is 0.0949 e. The van der Waals surface area contributed by atoms with Crippen molar-refractivity contribution in [2.45, 2.75) is 20.0 Å². The van der Waals surface area contributed by atoms with Gasteiger partial charge in [0.2, 0.25) is 0 Å². The lowest BCUT2D eigenvalue weighted by Gasteiger charge is -2.25. The Kier molecular flexibility index (Phi) is 4.13. The van der Waals surface area contributed by atoms with E-state index in [2.05, 4.69) is 55.1 Å². The third-order valence-electron chi connectivity index (χ3n) is 5.11. The van der Waals surface area contributed by atoms with Gasteiger partial charge in [-0.2, -0.15) is 0 Å². The largest absolute Gasteiger partial charge is 0.339 e. The van der Waals surface area contributed by atoms with Gasteiger partial charge in [-0.25, -0.2) is 9.67 Å². The molecule has 1 aliphatic heterocycles. The number of nitrogens with zero attached hydrogens (tertiary/aromatic N) is 6. The number of fused-ring (bicyclic) bond motifs is 3. The van der Waals surface area contributed by atoms with Gasteiger partial charge < -0.3 is 9.47 Å². The lowest BCUT2D eigenvalue weighted by atomic mass is 10.0. The van der Waals surface area contributed by atoms with Crippen LogP contribution in [0.1, 0.15) is 11.3 Å². The van der Waals surface area contributed by atoms with Gasteiger partial charge in [-0.1, -0.05) is 28.9 Å². The Morgan fingerprint density at radius 2 is 1.93 bits per heavy atom. The molecule has 7 heteroatoms. The zero-order valence-electron chi connectivity index (χ0n) is 15.5. The molecule has 4 aromatic rings. The van der Waals surface area contributed by atoms with Crippen molar-refractivity contribution < 1.29 is 0 Å². The van der Waals surface area contributed by atoms with Crippen molar-refractivity contribution >= 4 is 23.0 Å². The molecule has 28 heavy (non-hydrogen) atoms. The molecule has 2 aromatic carbocycles. The van der Waals surface area contributed by atoms with Crippen LogP contribution in [-0.2, 0) is 13.1 Å². The molecule has 0 amide bonds. The Morgan fingerprint density at radius 1 is 1.07 bits per heavy atom. The molecule has 1 aliphatic rings. The van der Waals surface area contributed by atoms with Gasteiger partial charge in [-0.05, 0) is 42.8 Å². The second-order valence-electron chi connectivity index (χ2n) is 6.96. The van der Waals surface area contributed by atoms with E-state index in [1.165, 1.54) is 5.56 Å². The van der Waals surface area contributed by atoms with Gasteiger partial charge in [0.05, 0.1) is 29.9 Å². The van der Waals surface area contributed by atoms with Crippen molar-refractivity contribution in [2.75, 3.05) is 11.4 Å². The fourth-order valence-electron chi connectivity index (χ4n) is 3.78. The summed E-state index contributed by atoms with van der Waals surface area (Å²) in [4.78, 5) is 6.48. The lowest BCUT2D eigenvalue weighted by Crippen LogP contribution is -2.21. The van der Waals surface area contributed by atoms with E-state index in [-0.39, 0.29) is 0 Å². The van der Waals surface area contributed by atoms with Crippen LogP contribution >= 0.6 is 11.6 Å². The molecule has 0 N–H and O–H groups in total. The van der Waals surface area contributed by atoms with Gasteiger partial charge in [-0.3, -0.25) is 0 Å². The van der Waals surface area contributed by atoms with Crippen LogP contribution in [0.15, 0.2) is 61.2 Å². The predicted molar refractivity (Wildman–Crippen MR) is 110 cm³/mol. The third-order valence-corrected chi connectivity index (χ3v) is 5.36. The number of hydrogen-bond donors (Lipinski definition) is 0. The number of rotatable bonds is 3. The highest BCUT2D eigenvalue weighted by atomic mass is 35.5. The van der Waals surface area contributed by atoms with Crippen LogP contribution in [0.4, 0.5) is 11.4 Å². The second-order valence-corrected chi connectivity index (χ2v) is 7.40. The van der Waals surface area contributed by atoms with Crippen LogP contribution in [0.5, 0.6) is 0 Å². The summed E-state index contributed by atoms with van der Waals surface area (Å²) in [6.45, 7) is 4.36. The summed E-state index contributed by atoms with van der Waals surface area (Å²) in [5.74, 6) is 0. The van der Waals surface area contributed by atoms with E-state index < -0.39 is 0 Å². The fourth-order valence-corrected chi connectivity index (χ4v) is 3.91. The molecule has 0 aliphatic carbocycles. The number of aromatic nitrogens is 5. The minimum absolute atomic E-state index is 0.737. The Bertz CT molecular complexity index is 1110. The van der Waals surface area contributed by atoms with Crippen molar-refractivity contribution in [3.8, 4) is 11.3 Å². The van der Waals surface area contributed by atoms with Crippen molar-refractivity contribution in [2.24, 2.45) is 0 Å². The second kappa shape index (κ2) is 6.80. The molecule has 0 bridgehead atoms. The SMILES string of the molecule is Cc1nnn2c1-c1ccc(Cn3ccnc3)cc1N(c1ccc(Cl)cc1)CC2. The molecular weight excluding hydrogens is 372 g/mol. The van der Waals surface area contributed by atoms with Crippen LogP contribution in [0, 0.1) is 6.92 Å². The first-order valence-corrected chi connectivity index (χ1v) is 9.59. The minimum Gasteiger partial charge on any atom is -0.339 e. The van der Waals surface area contributed by atoms with Crippen LogP contribution in [-0.4, -0.2) is 31.1 Å². The summed E-state index contributed by atoms with van der Waals surface area (Å²) in [6, 6.07) is 14.6. The zero-order chi connectivity index (χ0) is 19.1. The molecule has 0 atom stereocenters. The van der Waals surface area contributed by atoms with Crippen molar-refractivity contribution in [3.63, 3.8) is 0 Å². The van der Waals surface area contributed by atoms with E-state index in [1.807, 2.05) is 36.3 Å². The van der Waals surface area contributed by atoms with Gasteiger partial charge in [0.25, 0.3) is 0 Å². The summed E-state index contributed by atoms with van der Waals surface area (Å²) in [5, 5.41) is 9.38. The maximum absolute atomic E-state index is 6.11.